The van der Waals surface area contributed by atoms with E-state index < -0.39 is 11.9 Å². The number of hydrazone groups is 1. The zero-order valence-corrected chi connectivity index (χ0v) is 19.9. The van der Waals surface area contributed by atoms with Gasteiger partial charge in [0.25, 0.3) is 5.91 Å². The maximum absolute atomic E-state index is 12.7. The van der Waals surface area contributed by atoms with Crippen LogP contribution in [0.2, 0.25) is 0 Å². The van der Waals surface area contributed by atoms with Crippen molar-refractivity contribution in [3.63, 3.8) is 0 Å². The Kier molecular flexibility index (Phi) is 6.25. The van der Waals surface area contributed by atoms with Crippen LogP contribution < -0.4 is 9.47 Å². The Bertz CT molecular complexity index is 1410. The van der Waals surface area contributed by atoms with Gasteiger partial charge in [-0.15, -0.1) is 11.3 Å². The van der Waals surface area contributed by atoms with Crippen LogP contribution in [-0.4, -0.2) is 44.5 Å². The lowest BCUT2D eigenvalue weighted by Gasteiger charge is -2.20. The Hall–Kier alpha value is -4.09. The quantitative estimate of drug-likeness (QED) is 0.300. The first-order valence-corrected chi connectivity index (χ1v) is 12.2. The van der Waals surface area contributed by atoms with Crippen molar-refractivity contribution in [2.75, 3.05) is 6.61 Å². The van der Waals surface area contributed by atoms with E-state index in [4.69, 9.17) is 14.9 Å². The van der Waals surface area contributed by atoms with Crippen LogP contribution in [0, 0.1) is 5.41 Å². The summed E-state index contributed by atoms with van der Waals surface area (Å²) in [5.41, 5.74) is 1.44. The Morgan fingerprint density at radius 2 is 2.09 bits per heavy atom. The normalized spacial score (nSPS) is 16.1. The van der Waals surface area contributed by atoms with Crippen LogP contribution in [0.3, 0.4) is 0 Å². The maximum atomic E-state index is 12.7. The molecule has 0 fully saturated rings. The second-order valence-corrected chi connectivity index (χ2v) is 9.08. The molecule has 0 aliphatic carbocycles. The standard InChI is InChI=1S/C24H17N5O4S2/c1-2-32-18-12-14(7-8-17(18)33-23(31)19-6-4-10-34-19)11-16-20(25)29-24(27-21(16)30)35-22(28-29)15-5-3-9-26-13-15/h3-13,25H,2H2,1H3. The van der Waals surface area contributed by atoms with Gasteiger partial charge in [0.2, 0.25) is 5.17 Å². The molecule has 0 bridgehead atoms. The number of amides is 1. The van der Waals surface area contributed by atoms with Crippen LogP contribution in [-0.2, 0) is 4.79 Å². The number of amidine groups is 2. The minimum atomic E-state index is -0.539. The van der Waals surface area contributed by atoms with Crippen molar-refractivity contribution in [2.24, 2.45) is 10.1 Å². The summed E-state index contributed by atoms with van der Waals surface area (Å²) in [6.07, 6.45) is 4.86. The molecule has 9 nitrogen and oxygen atoms in total. The predicted octanol–water partition coefficient (Wildman–Crippen LogP) is 4.43. The van der Waals surface area contributed by atoms with Crippen LogP contribution in [0.4, 0.5) is 0 Å². The molecule has 2 aliphatic heterocycles. The molecular formula is C24H17N5O4S2. The van der Waals surface area contributed by atoms with E-state index in [1.807, 2.05) is 13.0 Å². The molecule has 174 valence electrons. The molecule has 1 amide bonds. The largest absolute Gasteiger partial charge is 0.490 e. The lowest BCUT2D eigenvalue weighted by molar-refractivity contribution is -0.114. The number of fused-ring (bicyclic) bond motifs is 1. The van der Waals surface area contributed by atoms with Crippen LogP contribution in [0.5, 0.6) is 11.5 Å². The number of benzene rings is 1. The number of rotatable bonds is 6. The molecule has 2 aromatic heterocycles. The van der Waals surface area contributed by atoms with Gasteiger partial charge >= 0.3 is 5.97 Å². The molecule has 2 aliphatic rings. The summed E-state index contributed by atoms with van der Waals surface area (Å²) in [5.74, 6) is -0.495. The SMILES string of the molecule is CCOc1cc(C=C2C(=N)N3N=C(c4cccnc4)SC3=NC2=O)ccc1OC(=O)c1cccs1. The van der Waals surface area contributed by atoms with Gasteiger partial charge < -0.3 is 9.47 Å². The number of hydrogen-bond acceptors (Lipinski definition) is 9. The zero-order chi connectivity index (χ0) is 24.4. The van der Waals surface area contributed by atoms with Crippen LogP contribution in [0.25, 0.3) is 6.08 Å². The minimum Gasteiger partial charge on any atom is -0.490 e. The molecule has 5 rings (SSSR count). The summed E-state index contributed by atoms with van der Waals surface area (Å²) >= 11 is 2.49. The lowest BCUT2D eigenvalue weighted by atomic mass is 10.1. The molecule has 0 spiro atoms. The molecular weight excluding hydrogens is 486 g/mol. The Labute approximate surface area is 208 Å². The van der Waals surface area contributed by atoms with Crippen molar-refractivity contribution < 1.29 is 19.1 Å². The topological polar surface area (TPSA) is 117 Å². The molecule has 3 aromatic rings. The van der Waals surface area contributed by atoms with E-state index in [2.05, 4.69) is 15.1 Å². The van der Waals surface area contributed by atoms with Crippen molar-refractivity contribution in [3.8, 4) is 11.5 Å². The highest BCUT2D eigenvalue weighted by atomic mass is 32.2. The fourth-order valence-corrected chi connectivity index (χ4v) is 4.76. The average molecular weight is 504 g/mol. The van der Waals surface area contributed by atoms with E-state index in [0.717, 1.165) is 5.56 Å². The number of carbonyl (C=O) groups is 2. The molecule has 0 saturated heterocycles. The van der Waals surface area contributed by atoms with Crippen molar-refractivity contribution in [2.45, 2.75) is 6.92 Å². The van der Waals surface area contributed by atoms with Crippen LogP contribution in [0.15, 0.2) is 75.9 Å². The van der Waals surface area contributed by atoms with E-state index in [0.29, 0.717) is 33.0 Å². The second kappa shape index (κ2) is 9.65. The summed E-state index contributed by atoms with van der Waals surface area (Å²) in [6, 6.07) is 12.0. The van der Waals surface area contributed by atoms with Gasteiger partial charge in [0.1, 0.15) is 9.92 Å². The Balaban J connectivity index is 1.42. The second-order valence-electron chi connectivity index (χ2n) is 7.17. The average Bonchev–Trinajstić information content (AvgIpc) is 3.55. The van der Waals surface area contributed by atoms with E-state index >= 15 is 0 Å². The summed E-state index contributed by atoms with van der Waals surface area (Å²) in [4.78, 5) is 33.8. The van der Waals surface area contributed by atoms with Crippen molar-refractivity contribution in [1.82, 2.24) is 9.99 Å². The first-order valence-electron chi connectivity index (χ1n) is 10.5. The number of thiophene rings is 1. The summed E-state index contributed by atoms with van der Waals surface area (Å²) in [6.45, 7) is 2.16. The molecule has 4 heterocycles. The number of aliphatic imine (C=N–C) groups is 1. The molecule has 1 aromatic carbocycles. The number of ether oxygens (including phenoxy) is 2. The van der Waals surface area contributed by atoms with Gasteiger partial charge in [-0.1, -0.05) is 12.1 Å². The van der Waals surface area contributed by atoms with Gasteiger partial charge in [-0.05, 0) is 66.0 Å². The third kappa shape index (κ3) is 4.63. The molecule has 0 radical (unpaired) electrons. The fraction of sp³-hybridized carbons (Fsp3) is 0.0833. The smallest absolute Gasteiger partial charge is 0.353 e. The summed E-state index contributed by atoms with van der Waals surface area (Å²) in [7, 11) is 0. The lowest BCUT2D eigenvalue weighted by Crippen LogP contribution is -2.35. The molecule has 0 atom stereocenters. The van der Waals surface area contributed by atoms with Crippen LogP contribution in [0.1, 0.15) is 27.7 Å². The highest BCUT2D eigenvalue weighted by Crippen LogP contribution is 2.33. The van der Waals surface area contributed by atoms with Gasteiger partial charge in [0.15, 0.2) is 17.3 Å². The third-order valence-corrected chi connectivity index (χ3v) is 6.67. The summed E-state index contributed by atoms with van der Waals surface area (Å²) in [5, 5.41) is 17.1. The predicted molar refractivity (Wildman–Crippen MR) is 135 cm³/mol. The number of esters is 1. The van der Waals surface area contributed by atoms with Crippen LogP contribution >= 0.6 is 23.1 Å². The Morgan fingerprint density at radius 1 is 1.20 bits per heavy atom. The van der Waals surface area contributed by atoms with Gasteiger partial charge in [0, 0.05) is 18.0 Å². The van der Waals surface area contributed by atoms with Gasteiger partial charge in [-0.2, -0.15) is 15.1 Å². The number of pyridine rings is 1. The first kappa shape index (κ1) is 22.7. The third-order valence-electron chi connectivity index (χ3n) is 4.87. The number of carbonyl (C=O) groups excluding carboxylic acids is 2. The fourth-order valence-electron chi connectivity index (χ4n) is 3.28. The minimum absolute atomic E-state index is 0.0799. The summed E-state index contributed by atoms with van der Waals surface area (Å²) < 4.78 is 11.2. The zero-order valence-electron chi connectivity index (χ0n) is 18.3. The van der Waals surface area contributed by atoms with E-state index in [1.54, 1.807) is 60.2 Å². The van der Waals surface area contributed by atoms with E-state index in [1.165, 1.54) is 28.1 Å². The van der Waals surface area contributed by atoms with Crippen molar-refractivity contribution >= 4 is 57.1 Å². The molecule has 1 N–H and O–H groups in total. The maximum Gasteiger partial charge on any atom is 0.353 e. The number of nitrogens with one attached hydrogen (secondary N) is 1. The molecule has 35 heavy (non-hydrogen) atoms. The van der Waals surface area contributed by atoms with E-state index in [9.17, 15) is 9.59 Å². The molecule has 0 saturated carbocycles. The highest BCUT2D eigenvalue weighted by molar-refractivity contribution is 8.27. The van der Waals surface area contributed by atoms with E-state index in [-0.39, 0.29) is 17.2 Å². The Morgan fingerprint density at radius 3 is 2.83 bits per heavy atom. The van der Waals surface area contributed by atoms with Crippen molar-refractivity contribution in [1.29, 1.82) is 5.41 Å². The molecule has 0 unspecified atom stereocenters. The number of thioether (sulfide) groups is 1. The first-order chi connectivity index (χ1) is 17.0. The van der Waals surface area contributed by atoms with Gasteiger partial charge in [0.05, 0.1) is 12.2 Å². The number of nitrogens with zero attached hydrogens (tertiary/aromatic N) is 4. The van der Waals surface area contributed by atoms with Crippen molar-refractivity contribution in [3.05, 3.63) is 81.8 Å². The monoisotopic (exact) mass is 503 g/mol. The van der Waals surface area contributed by atoms with Gasteiger partial charge in [-0.25, -0.2) is 4.79 Å². The molecule has 11 heteroatoms. The number of hydrogen-bond donors (Lipinski definition) is 1. The number of aromatic nitrogens is 1. The highest BCUT2D eigenvalue weighted by Gasteiger charge is 2.36. The van der Waals surface area contributed by atoms with Gasteiger partial charge in [-0.3, -0.25) is 15.2 Å².